The van der Waals surface area contributed by atoms with Crippen molar-refractivity contribution in [1.82, 2.24) is 15.0 Å². The highest BCUT2D eigenvalue weighted by molar-refractivity contribution is 6.49. The van der Waals surface area contributed by atoms with E-state index >= 15 is 0 Å². The summed E-state index contributed by atoms with van der Waals surface area (Å²) in [5.74, 6) is 1.96. The molecule has 0 aliphatic rings. The molecule has 0 unspecified atom stereocenters. The van der Waals surface area contributed by atoms with Crippen LogP contribution < -0.4 is 28.4 Å². The normalized spacial score (nSPS) is 11.8. The molecule has 10 aromatic rings. The molecule has 63 heavy (non-hydrogen) atoms. The smallest absolute Gasteiger partial charge is 0.225 e. The first-order chi connectivity index (χ1) is 30.5. The number of ether oxygens (including phenoxy) is 6. The van der Waals surface area contributed by atoms with Crippen LogP contribution in [0.3, 0.4) is 0 Å². The molecule has 10 rings (SSSR count). The number of methoxy groups -OCH3 is 6. The summed E-state index contributed by atoms with van der Waals surface area (Å²) >= 11 is 0. The van der Waals surface area contributed by atoms with Crippen LogP contribution in [0.15, 0.2) is 72.8 Å². The van der Waals surface area contributed by atoms with Crippen molar-refractivity contribution in [1.29, 1.82) is 0 Å². The van der Waals surface area contributed by atoms with Gasteiger partial charge in [0.2, 0.25) is 17.6 Å². The first-order valence-corrected chi connectivity index (χ1v) is 20.1. The molecule has 3 heterocycles. The SMILES string of the molecule is COc1nc2c(-c3ccc(C(C)=O)cc3)c(OC)c3c(OC)nc4c(-c5ccc(C(C)=O)cc5)c(OC)c5c(OC)nc6c(-c7ccc(C(C)=O)cc7)c(OC)c1c1c6c5c4c3c21. The maximum absolute atomic E-state index is 12.5. The Morgan fingerprint density at radius 1 is 0.333 bits per heavy atom. The van der Waals surface area contributed by atoms with Gasteiger partial charge in [0.25, 0.3) is 0 Å². The van der Waals surface area contributed by atoms with Crippen LogP contribution in [0, 0.1) is 0 Å². The Balaban J connectivity index is 1.56. The zero-order valence-electron chi connectivity index (χ0n) is 35.9. The summed E-state index contributed by atoms with van der Waals surface area (Å²) in [7, 11) is 9.49. The lowest BCUT2D eigenvalue weighted by atomic mass is 9.80. The minimum absolute atomic E-state index is 0.0682. The number of hydrogen-bond donors (Lipinski definition) is 0. The van der Waals surface area contributed by atoms with Gasteiger partial charge in [-0.15, -0.1) is 0 Å². The van der Waals surface area contributed by atoms with Crippen molar-refractivity contribution in [3.63, 3.8) is 0 Å². The second kappa shape index (κ2) is 14.4. The van der Waals surface area contributed by atoms with E-state index in [9.17, 15) is 14.4 Å². The number of pyridine rings is 3. The third-order valence-corrected chi connectivity index (χ3v) is 12.2. The fraction of sp³-hybridized carbons (Fsp3) is 0.176. The summed E-state index contributed by atoms with van der Waals surface area (Å²) in [6, 6.07) is 21.9. The van der Waals surface area contributed by atoms with Gasteiger partial charge in [0.05, 0.1) is 92.1 Å². The molecule has 12 nitrogen and oxygen atoms in total. The van der Waals surface area contributed by atoms with Crippen LogP contribution in [0.5, 0.6) is 34.9 Å². The highest BCUT2D eigenvalue weighted by Gasteiger charge is 2.37. The monoisotopic (exact) mass is 837 g/mol. The van der Waals surface area contributed by atoms with Gasteiger partial charge in [0.1, 0.15) is 17.2 Å². The molecule has 0 saturated carbocycles. The van der Waals surface area contributed by atoms with E-state index in [1.165, 1.54) is 20.8 Å². The first kappa shape index (κ1) is 39.3. The second-order valence-electron chi connectivity index (χ2n) is 15.4. The van der Waals surface area contributed by atoms with E-state index in [2.05, 4.69) is 0 Å². The maximum Gasteiger partial charge on any atom is 0.225 e. The highest BCUT2D eigenvalue weighted by atomic mass is 16.5. The lowest BCUT2D eigenvalue weighted by Crippen LogP contribution is -2.07. The third-order valence-electron chi connectivity index (χ3n) is 12.2. The van der Waals surface area contributed by atoms with E-state index in [-0.39, 0.29) is 35.0 Å². The lowest BCUT2D eigenvalue weighted by molar-refractivity contribution is 0.100. The van der Waals surface area contributed by atoms with Crippen LogP contribution in [0.1, 0.15) is 51.8 Å². The second-order valence-corrected chi connectivity index (χ2v) is 15.4. The molecule has 0 bridgehead atoms. The van der Waals surface area contributed by atoms with Gasteiger partial charge in [0, 0.05) is 49.0 Å². The van der Waals surface area contributed by atoms with Gasteiger partial charge in [0.15, 0.2) is 17.3 Å². The van der Waals surface area contributed by atoms with Crippen molar-refractivity contribution in [2.45, 2.75) is 20.8 Å². The van der Waals surface area contributed by atoms with Crippen LogP contribution in [0.4, 0.5) is 0 Å². The molecule has 0 aliphatic carbocycles. The van der Waals surface area contributed by atoms with E-state index in [4.69, 9.17) is 43.4 Å². The molecule has 3 aromatic heterocycles. The standard InChI is InChI=1S/C51H39N3O9/c1-22(55)25-10-16-28(17-11-25)31-43-37-34-38-36-39-35(37)41(50(52-43)62-8)47(59-5)33(30-20-14-27(15-21-30)24(3)57)45(39)54-51(63-9)42(36)48(60-6)32(29-18-12-26(13-19-29)23(2)56)44(38)53-49(61-7)40(34)46(31)58-4/h10-21H,1-9H3. The van der Waals surface area contributed by atoms with Crippen LogP contribution in [0.2, 0.25) is 0 Å². The summed E-state index contributed by atoms with van der Waals surface area (Å²) in [5.41, 5.74) is 7.36. The van der Waals surface area contributed by atoms with Crippen LogP contribution in [-0.2, 0) is 0 Å². The quantitative estimate of drug-likeness (QED) is 0.0656. The Bertz CT molecular complexity index is 3120. The molecular formula is C51H39N3O9. The van der Waals surface area contributed by atoms with Gasteiger partial charge in [-0.05, 0) is 37.5 Å². The van der Waals surface area contributed by atoms with Crippen LogP contribution in [-0.4, -0.2) is 75.0 Å². The van der Waals surface area contributed by atoms with Crippen molar-refractivity contribution in [3.05, 3.63) is 89.5 Å². The van der Waals surface area contributed by atoms with Gasteiger partial charge in [-0.1, -0.05) is 72.8 Å². The van der Waals surface area contributed by atoms with Crippen molar-refractivity contribution < 1.29 is 42.8 Å². The summed E-state index contributed by atoms with van der Waals surface area (Å²) in [6.07, 6.45) is 0. The Hall–Kier alpha value is -7.86. The summed E-state index contributed by atoms with van der Waals surface area (Å²) in [6.45, 7) is 4.58. The predicted octanol–water partition coefficient (Wildman–Crippen LogP) is 10.8. The Morgan fingerprint density at radius 3 is 0.762 bits per heavy atom. The largest absolute Gasteiger partial charge is 0.495 e. The predicted molar refractivity (Wildman–Crippen MR) is 244 cm³/mol. The topological polar surface area (TPSA) is 145 Å². The van der Waals surface area contributed by atoms with Crippen LogP contribution >= 0.6 is 0 Å². The zero-order valence-corrected chi connectivity index (χ0v) is 35.9. The van der Waals surface area contributed by atoms with Gasteiger partial charge in [-0.2, -0.15) is 0 Å². The molecule has 7 aromatic carbocycles. The number of Topliss-reactive ketones (excluding diaryl/α,β-unsaturated/α-hetero) is 3. The van der Waals surface area contributed by atoms with Crippen molar-refractivity contribution in [2.24, 2.45) is 0 Å². The first-order valence-electron chi connectivity index (χ1n) is 20.1. The molecule has 0 spiro atoms. The molecule has 0 fully saturated rings. The van der Waals surface area contributed by atoms with Gasteiger partial charge in [-0.3, -0.25) is 14.4 Å². The number of ketones is 3. The summed E-state index contributed by atoms with van der Waals surface area (Å²) < 4.78 is 38.0. The van der Waals surface area contributed by atoms with E-state index in [0.29, 0.717) is 83.3 Å². The minimum atomic E-state index is -0.0682. The molecule has 0 aliphatic heterocycles. The molecular weight excluding hydrogens is 799 g/mol. The number of carbonyl (C=O) groups excluding carboxylic acids is 3. The minimum Gasteiger partial charge on any atom is -0.495 e. The average molecular weight is 838 g/mol. The molecule has 312 valence electrons. The fourth-order valence-electron chi connectivity index (χ4n) is 9.52. The number of nitrogens with zero attached hydrogens (tertiary/aromatic N) is 3. The molecule has 0 amide bonds. The lowest BCUT2D eigenvalue weighted by Gasteiger charge is -2.28. The highest BCUT2D eigenvalue weighted by Crippen LogP contribution is 2.62. The van der Waals surface area contributed by atoms with Gasteiger partial charge in [-0.25, -0.2) is 15.0 Å². The number of benzene rings is 7. The molecule has 0 saturated heterocycles. The van der Waals surface area contributed by atoms with Crippen molar-refractivity contribution in [3.8, 4) is 68.3 Å². The Kier molecular flexibility index (Phi) is 8.96. The Labute approximate surface area is 360 Å². The fourth-order valence-corrected chi connectivity index (χ4v) is 9.52. The van der Waals surface area contributed by atoms with E-state index in [1.54, 1.807) is 79.1 Å². The van der Waals surface area contributed by atoms with E-state index in [0.717, 1.165) is 49.0 Å². The zero-order chi connectivity index (χ0) is 44.2. The molecule has 0 N–H and O–H groups in total. The molecule has 12 heteroatoms. The number of rotatable bonds is 12. The van der Waals surface area contributed by atoms with Gasteiger partial charge < -0.3 is 28.4 Å². The van der Waals surface area contributed by atoms with E-state index in [1.807, 2.05) is 36.4 Å². The molecule has 0 radical (unpaired) electrons. The third kappa shape index (κ3) is 5.33. The van der Waals surface area contributed by atoms with Crippen molar-refractivity contribution in [2.75, 3.05) is 42.7 Å². The summed E-state index contributed by atoms with van der Waals surface area (Å²) in [5, 5.41) is 6.19. The maximum atomic E-state index is 12.5. The number of hydrogen-bond acceptors (Lipinski definition) is 12. The van der Waals surface area contributed by atoms with Gasteiger partial charge >= 0.3 is 0 Å². The van der Waals surface area contributed by atoms with Crippen LogP contribution in [0.25, 0.3) is 98.4 Å². The number of carbonyl (C=O) groups is 3. The number of aromatic nitrogens is 3. The van der Waals surface area contributed by atoms with Crippen molar-refractivity contribution >= 4 is 82.4 Å². The average Bonchev–Trinajstić information content (AvgIpc) is 3.31. The Morgan fingerprint density at radius 2 is 0.571 bits per heavy atom. The summed E-state index contributed by atoms with van der Waals surface area (Å²) in [4.78, 5) is 53.4. The molecule has 0 atom stereocenters. The van der Waals surface area contributed by atoms with E-state index < -0.39 is 0 Å².